The number of hydrogen-bond acceptors (Lipinski definition) is 4. The SMILES string of the molecule is CC1CCN(C(=O)c2ccccc2NC(=O)c2cccc(S(=O)(=O)N3CCCCC3)c2)CC1. The Hall–Kier alpha value is -2.71. The van der Waals surface area contributed by atoms with Gasteiger partial charge in [-0.1, -0.05) is 31.5 Å². The molecule has 0 atom stereocenters. The molecule has 2 aromatic rings. The number of benzene rings is 2. The van der Waals surface area contributed by atoms with Crippen molar-refractivity contribution in [3.63, 3.8) is 0 Å². The third-order valence-electron chi connectivity index (χ3n) is 6.53. The van der Waals surface area contributed by atoms with Crippen molar-refractivity contribution in [3.05, 3.63) is 59.7 Å². The molecule has 8 heteroatoms. The maximum Gasteiger partial charge on any atom is 0.255 e. The molecule has 1 N–H and O–H groups in total. The summed E-state index contributed by atoms with van der Waals surface area (Å²) in [5, 5.41) is 2.82. The van der Waals surface area contributed by atoms with Gasteiger partial charge >= 0.3 is 0 Å². The van der Waals surface area contributed by atoms with Crippen LogP contribution in [-0.4, -0.2) is 55.6 Å². The number of amides is 2. The van der Waals surface area contributed by atoms with E-state index in [4.69, 9.17) is 0 Å². The molecule has 0 saturated carbocycles. The third kappa shape index (κ3) is 5.28. The van der Waals surface area contributed by atoms with Crippen molar-refractivity contribution >= 4 is 27.5 Å². The molecule has 0 unspecified atom stereocenters. The highest BCUT2D eigenvalue weighted by Crippen LogP contribution is 2.24. The summed E-state index contributed by atoms with van der Waals surface area (Å²) < 4.78 is 27.5. The fourth-order valence-electron chi connectivity index (χ4n) is 4.41. The van der Waals surface area contributed by atoms with Gasteiger partial charge in [-0.15, -0.1) is 0 Å². The van der Waals surface area contributed by atoms with Crippen molar-refractivity contribution in [1.82, 2.24) is 9.21 Å². The minimum Gasteiger partial charge on any atom is -0.339 e. The summed E-state index contributed by atoms with van der Waals surface area (Å²) in [6.07, 6.45) is 4.67. The van der Waals surface area contributed by atoms with E-state index in [0.717, 1.165) is 32.1 Å². The van der Waals surface area contributed by atoms with Gasteiger partial charge in [0.2, 0.25) is 10.0 Å². The highest BCUT2D eigenvalue weighted by atomic mass is 32.2. The van der Waals surface area contributed by atoms with E-state index in [1.165, 1.54) is 16.4 Å². The molecule has 2 aromatic carbocycles. The zero-order valence-corrected chi connectivity index (χ0v) is 19.8. The molecule has 0 spiro atoms. The van der Waals surface area contributed by atoms with Crippen molar-refractivity contribution in [3.8, 4) is 0 Å². The normalized spacial score (nSPS) is 18.2. The zero-order valence-electron chi connectivity index (χ0n) is 19.0. The van der Waals surface area contributed by atoms with E-state index in [1.807, 2.05) is 4.90 Å². The number of piperidine rings is 2. The topological polar surface area (TPSA) is 86.8 Å². The Morgan fingerprint density at radius 2 is 1.61 bits per heavy atom. The van der Waals surface area contributed by atoms with Gasteiger partial charge in [0.15, 0.2) is 0 Å². The Labute approximate surface area is 195 Å². The lowest BCUT2D eigenvalue weighted by molar-refractivity contribution is 0.0698. The second-order valence-corrected chi connectivity index (χ2v) is 10.9. The fourth-order valence-corrected chi connectivity index (χ4v) is 5.97. The highest BCUT2D eigenvalue weighted by molar-refractivity contribution is 7.89. The molecule has 176 valence electrons. The average Bonchev–Trinajstić information content (AvgIpc) is 2.85. The average molecular weight is 470 g/mol. The number of sulfonamides is 1. The summed E-state index contributed by atoms with van der Waals surface area (Å²) >= 11 is 0. The summed E-state index contributed by atoms with van der Waals surface area (Å²) in [7, 11) is -3.64. The number of likely N-dealkylation sites (tertiary alicyclic amines) is 1. The Morgan fingerprint density at radius 3 is 2.33 bits per heavy atom. The van der Waals surface area contributed by atoms with Crippen LogP contribution in [0.15, 0.2) is 53.4 Å². The minimum atomic E-state index is -3.64. The molecule has 2 aliphatic heterocycles. The van der Waals surface area contributed by atoms with Crippen LogP contribution in [0, 0.1) is 5.92 Å². The minimum absolute atomic E-state index is 0.0979. The van der Waals surface area contributed by atoms with Crippen molar-refractivity contribution in [2.45, 2.75) is 43.9 Å². The van der Waals surface area contributed by atoms with Crippen LogP contribution in [0.4, 0.5) is 5.69 Å². The van der Waals surface area contributed by atoms with E-state index < -0.39 is 15.9 Å². The maximum atomic E-state index is 13.1. The van der Waals surface area contributed by atoms with Gasteiger partial charge in [0.1, 0.15) is 0 Å². The molecule has 7 nitrogen and oxygen atoms in total. The number of nitrogens with zero attached hydrogens (tertiary/aromatic N) is 2. The number of carbonyl (C=O) groups excluding carboxylic acids is 2. The molecule has 4 rings (SSSR count). The lowest BCUT2D eigenvalue weighted by Gasteiger charge is -2.30. The number of para-hydroxylation sites is 1. The molecule has 2 fully saturated rings. The van der Waals surface area contributed by atoms with Gasteiger partial charge in [-0.25, -0.2) is 8.42 Å². The van der Waals surface area contributed by atoms with E-state index in [2.05, 4.69) is 12.2 Å². The Morgan fingerprint density at radius 1 is 0.909 bits per heavy atom. The van der Waals surface area contributed by atoms with Crippen LogP contribution in [-0.2, 0) is 10.0 Å². The fraction of sp³-hybridized carbons (Fsp3) is 0.440. The van der Waals surface area contributed by atoms with Crippen molar-refractivity contribution in [1.29, 1.82) is 0 Å². The lowest BCUT2D eigenvalue weighted by Crippen LogP contribution is -2.38. The number of rotatable bonds is 5. The summed E-state index contributed by atoms with van der Waals surface area (Å²) in [6, 6.07) is 13.1. The molecule has 2 amide bonds. The quantitative estimate of drug-likeness (QED) is 0.717. The lowest BCUT2D eigenvalue weighted by atomic mass is 9.98. The van der Waals surface area contributed by atoms with Gasteiger partial charge in [0, 0.05) is 31.7 Å². The van der Waals surface area contributed by atoms with Gasteiger partial charge in [-0.2, -0.15) is 4.31 Å². The van der Waals surface area contributed by atoms with E-state index in [0.29, 0.717) is 43.3 Å². The van der Waals surface area contributed by atoms with Crippen LogP contribution < -0.4 is 5.32 Å². The third-order valence-corrected chi connectivity index (χ3v) is 8.42. The van der Waals surface area contributed by atoms with Crippen LogP contribution in [0.25, 0.3) is 0 Å². The Balaban J connectivity index is 1.53. The molecule has 2 saturated heterocycles. The van der Waals surface area contributed by atoms with Gasteiger partial charge in [-0.05, 0) is 61.9 Å². The second-order valence-electron chi connectivity index (χ2n) is 8.97. The van der Waals surface area contributed by atoms with Crippen molar-refractivity contribution in [2.75, 3.05) is 31.5 Å². The first-order chi connectivity index (χ1) is 15.9. The van der Waals surface area contributed by atoms with E-state index >= 15 is 0 Å². The molecule has 0 aliphatic carbocycles. The van der Waals surface area contributed by atoms with Crippen LogP contribution in [0.1, 0.15) is 59.7 Å². The van der Waals surface area contributed by atoms with Crippen LogP contribution in [0.2, 0.25) is 0 Å². The summed E-state index contributed by atoms with van der Waals surface area (Å²) in [5.74, 6) is 0.0647. The molecule has 2 aliphatic rings. The molecular weight excluding hydrogens is 438 g/mol. The molecule has 0 radical (unpaired) electrons. The smallest absolute Gasteiger partial charge is 0.255 e. The zero-order chi connectivity index (χ0) is 23.4. The second kappa shape index (κ2) is 10.1. The predicted octanol–water partition coefficient (Wildman–Crippen LogP) is 3.99. The molecule has 0 bridgehead atoms. The number of carbonyl (C=O) groups is 2. The van der Waals surface area contributed by atoms with Gasteiger partial charge < -0.3 is 10.2 Å². The summed E-state index contributed by atoms with van der Waals surface area (Å²) in [6.45, 7) is 4.61. The number of nitrogens with one attached hydrogen (secondary N) is 1. The number of anilines is 1. The van der Waals surface area contributed by atoms with E-state index in [9.17, 15) is 18.0 Å². The first-order valence-electron chi connectivity index (χ1n) is 11.7. The van der Waals surface area contributed by atoms with E-state index in [1.54, 1.807) is 36.4 Å². The molecule has 0 aromatic heterocycles. The van der Waals surface area contributed by atoms with E-state index in [-0.39, 0.29) is 16.4 Å². The van der Waals surface area contributed by atoms with Crippen molar-refractivity contribution in [2.24, 2.45) is 5.92 Å². The number of hydrogen-bond donors (Lipinski definition) is 1. The maximum absolute atomic E-state index is 13.1. The Kier molecular flexibility index (Phi) is 7.14. The Bertz CT molecular complexity index is 1120. The van der Waals surface area contributed by atoms with Gasteiger partial charge in [-0.3, -0.25) is 9.59 Å². The van der Waals surface area contributed by atoms with Gasteiger partial charge in [0.05, 0.1) is 16.1 Å². The van der Waals surface area contributed by atoms with Gasteiger partial charge in [0.25, 0.3) is 11.8 Å². The summed E-state index contributed by atoms with van der Waals surface area (Å²) in [4.78, 5) is 28.1. The van der Waals surface area contributed by atoms with Crippen LogP contribution in [0.5, 0.6) is 0 Å². The van der Waals surface area contributed by atoms with Crippen molar-refractivity contribution < 1.29 is 18.0 Å². The summed E-state index contributed by atoms with van der Waals surface area (Å²) in [5.41, 5.74) is 1.11. The molecular formula is C25H31N3O4S. The van der Waals surface area contributed by atoms with Crippen LogP contribution >= 0.6 is 0 Å². The van der Waals surface area contributed by atoms with Crippen LogP contribution in [0.3, 0.4) is 0 Å². The monoisotopic (exact) mass is 469 g/mol. The predicted molar refractivity (Wildman–Crippen MR) is 128 cm³/mol. The standard InChI is InChI=1S/C25H31N3O4S/c1-19-12-16-27(17-13-19)25(30)22-10-3-4-11-23(22)26-24(29)20-8-7-9-21(18-20)33(31,32)28-14-5-2-6-15-28/h3-4,7-11,18-19H,2,5-6,12-17H2,1H3,(H,26,29). The first kappa shape index (κ1) is 23.4. The highest BCUT2D eigenvalue weighted by Gasteiger charge is 2.27. The largest absolute Gasteiger partial charge is 0.339 e. The molecule has 2 heterocycles. The first-order valence-corrected chi connectivity index (χ1v) is 13.1. The molecule has 33 heavy (non-hydrogen) atoms.